The Bertz CT molecular complexity index is 1610. The van der Waals surface area contributed by atoms with Crippen molar-refractivity contribution in [3.63, 3.8) is 0 Å². The van der Waals surface area contributed by atoms with Crippen molar-refractivity contribution in [2.75, 3.05) is 18.6 Å². The van der Waals surface area contributed by atoms with E-state index in [-0.39, 0.29) is 11.3 Å². The predicted octanol–water partition coefficient (Wildman–Crippen LogP) is 7.00. The van der Waals surface area contributed by atoms with Crippen LogP contribution in [0.25, 0.3) is 5.76 Å². The van der Waals surface area contributed by atoms with E-state index in [1.807, 2.05) is 68.4 Å². The second-order valence-electron chi connectivity index (χ2n) is 10.0. The molecule has 214 valence electrons. The Hall–Kier alpha value is -5.04. The molecule has 0 radical (unpaired) electrons. The number of ether oxygens (including phenoxy) is 3. The molecule has 1 atom stereocenters. The molecular formula is C35H33NO6. The number of carbonyl (C=O) groups excluding carboxylic acids is 2. The maximum Gasteiger partial charge on any atom is 0.300 e. The second-order valence-corrected chi connectivity index (χ2v) is 10.0. The van der Waals surface area contributed by atoms with Gasteiger partial charge in [-0.3, -0.25) is 14.5 Å². The molecule has 1 saturated heterocycles. The number of Topliss-reactive ketones (excluding diaryl/α,β-unsaturated/α-hetero) is 1. The molecule has 1 aliphatic rings. The van der Waals surface area contributed by atoms with Crippen LogP contribution in [0.5, 0.6) is 17.2 Å². The fraction of sp³-hybridized carbons (Fsp3) is 0.200. The van der Waals surface area contributed by atoms with Crippen LogP contribution in [0.15, 0.2) is 103 Å². The minimum absolute atomic E-state index is 0.000753. The van der Waals surface area contributed by atoms with Gasteiger partial charge in [-0.05, 0) is 84.6 Å². The number of nitrogens with zero attached hydrogens (tertiary/aromatic N) is 1. The molecule has 4 aromatic rings. The number of anilines is 1. The first-order valence-electron chi connectivity index (χ1n) is 13.9. The number of aryl methyl sites for hydroxylation is 1. The van der Waals surface area contributed by atoms with E-state index in [1.54, 1.807) is 49.6 Å². The summed E-state index contributed by atoms with van der Waals surface area (Å²) in [7, 11) is 1.56. The molecule has 42 heavy (non-hydrogen) atoms. The molecule has 0 aliphatic carbocycles. The summed E-state index contributed by atoms with van der Waals surface area (Å²) in [5.74, 6) is 0.136. The zero-order valence-electron chi connectivity index (χ0n) is 23.9. The second kappa shape index (κ2) is 12.6. The largest absolute Gasteiger partial charge is 0.507 e. The number of aliphatic hydroxyl groups is 1. The molecule has 0 saturated carbocycles. The normalized spacial score (nSPS) is 16.0. The number of hydrogen-bond acceptors (Lipinski definition) is 6. The van der Waals surface area contributed by atoms with Crippen molar-refractivity contribution >= 4 is 23.1 Å². The van der Waals surface area contributed by atoms with Crippen molar-refractivity contribution in [1.82, 2.24) is 0 Å². The number of aliphatic hydroxyl groups excluding tert-OH is 1. The van der Waals surface area contributed by atoms with Crippen LogP contribution in [0.2, 0.25) is 0 Å². The minimum atomic E-state index is -0.877. The topological polar surface area (TPSA) is 85.3 Å². The molecule has 4 aromatic carbocycles. The van der Waals surface area contributed by atoms with Crippen molar-refractivity contribution in [2.45, 2.75) is 32.9 Å². The Balaban J connectivity index is 1.56. The number of benzene rings is 4. The Labute approximate surface area is 245 Å². The van der Waals surface area contributed by atoms with Crippen LogP contribution >= 0.6 is 0 Å². The molecule has 7 nitrogen and oxygen atoms in total. The molecule has 7 heteroatoms. The lowest BCUT2D eigenvalue weighted by Gasteiger charge is -2.26. The quantitative estimate of drug-likeness (QED) is 0.127. The van der Waals surface area contributed by atoms with Gasteiger partial charge in [0, 0.05) is 11.3 Å². The van der Waals surface area contributed by atoms with Crippen LogP contribution in [0.3, 0.4) is 0 Å². The zero-order chi connectivity index (χ0) is 29.6. The van der Waals surface area contributed by atoms with Gasteiger partial charge in [-0.2, -0.15) is 0 Å². The van der Waals surface area contributed by atoms with Crippen LogP contribution in [0.1, 0.15) is 41.6 Å². The van der Waals surface area contributed by atoms with Crippen molar-refractivity contribution in [3.8, 4) is 17.2 Å². The molecule has 1 unspecified atom stereocenters. The average Bonchev–Trinajstić information content (AvgIpc) is 3.29. The molecule has 1 heterocycles. The molecule has 1 amide bonds. The van der Waals surface area contributed by atoms with Crippen LogP contribution in [-0.2, 0) is 16.2 Å². The van der Waals surface area contributed by atoms with Gasteiger partial charge in [-0.15, -0.1) is 0 Å². The van der Waals surface area contributed by atoms with E-state index in [0.717, 1.165) is 17.5 Å². The van der Waals surface area contributed by atoms with Gasteiger partial charge >= 0.3 is 0 Å². The highest BCUT2D eigenvalue weighted by molar-refractivity contribution is 6.51. The number of hydrogen-bond donors (Lipinski definition) is 1. The van der Waals surface area contributed by atoms with E-state index in [0.29, 0.717) is 47.3 Å². The van der Waals surface area contributed by atoms with Crippen LogP contribution in [0, 0.1) is 6.92 Å². The molecule has 1 fully saturated rings. The van der Waals surface area contributed by atoms with Crippen molar-refractivity contribution in [3.05, 3.63) is 125 Å². The molecule has 0 spiro atoms. The fourth-order valence-corrected chi connectivity index (χ4v) is 5.00. The van der Waals surface area contributed by atoms with Crippen LogP contribution in [-0.4, -0.2) is 30.5 Å². The van der Waals surface area contributed by atoms with Crippen molar-refractivity contribution in [2.24, 2.45) is 0 Å². The van der Waals surface area contributed by atoms with Crippen molar-refractivity contribution < 1.29 is 28.9 Å². The van der Waals surface area contributed by atoms with Gasteiger partial charge in [0.25, 0.3) is 11.7 Å². The Morgan fingerprint density at radius 3 is 2.31 bits per heavy atom. The summed E-state index contributed by atoms with van der Waals surface area (Å²) < 4.78 is 17.1. The molecule has 0 bridgehead atoms. The third-order valence-corrected chi connectivity index (χ3v) is 7.13. The third kappa shape index (κ3) is 5.86. The molecular weight excluding hydrogens is 530 g/mol. The minimum Gasteiger partial charge on any atom is -0.507 e. The first kappa shape index (κ1) is 28.5. The van der Waals surface area contributed by atoms with Crippen LogP contribution < -0.4 is 19.1 Å². The lowest BCUT2D eigenvalue weighted by molar-refractivity contribution is -0.132. The number of rotatable bonds is 10. The standard InChI is InChI=1S/C35H33NO6/c1-4-19-41-29-12-8-11-25(21-29)32-31(34(38)35(39)36(32)27-14-16-28(40-3)17-15-27)33(37)26-13-18-30(23(2)20-26)42-22-24-9-6-5-7-10-24/h5-18,20-21,32,37H,4,19,22H2,1-3H3/b33-31+. The monoisotopic (exact) mass is 563 g/mol. The Morgan fingerprint density at radius 1 is 0.857 bits per heavy atom. The lowest BCUT2D eigenvalue weighted by Crippen LogP contribution is -2.29. The summed E-state index contributed by atoms with van der Waals surface area (Å²) in [4.78, 5) is 28.5. The molecule has 1 N–H and O–H groups in total. The third-order valence-electron chi connectivity index (χ3n) is 7.13. The average molecular weight is 564 g/mol. The van der Waals surface area contributed by atoms with Gasteiger partial charge in [0.05, 0.1) is 25.3 Å². The Morgan fingerprint density at radius 2 is 1.62 bits per heavy atom. The summed E-state index contributed by atoms with van der Waals surface area (Å²) in [5, 5.41) is 11.6. The van der Waals surface area contributed by atoms with Crippen LogP contribution in [0.4, 0.5) is 5.69 Å². The van der Waals surface area contributed by atoms with E-state index < -0.39 is 17.7 Å². The smallest absolute Gasteiger partial charge is 0.300 e. The summed E-state index contributed by atoms with van der Waals surface area (Å²) in [6.07, 6.45) is 0.832. The summed E-state index contributed by atoms with van der Waals surface area (Å²) in [6.45, 7) is 4.82. The van der Waals surface area contributed by atoms with Gasteiger partial charge in [0.15, 0.2) is 0 Å². The number of amides is 1. The number of ketones is 1. The molecule has 0 aromatic heterocycles. The highest BCUT2D eigenvalue weighted by Crippen LogP contribution is 2.43. The highest BCUT2D eigenvalue weighted by atomic mass is 16.5. The zero-order valence-corrected chi connectivity index (χ0v) is 23.9. The summed E-state index contributed by atoms with van der Waals surface area (Å²) in [5.41, 5.74) is 3.37. The van der Waals surface area contributed by atoms with E-state index in [4.69, 9.17) is 14.2 Å². The highest BCUT2D eigenvalue weighted by Gasteiger charge is 2.47. The predicted molar refractivity (Wildman–Crippen MR) is 162 cm³/mol. The van der Waals surface area contributed by atoms with Gasteiger partial charge in [0.1, 0.15) is 29.6 Å². The summed E-state index contributed by atoms with van der Waals surface area (Å²) >= 11 is 0. The van der Waals surface area contributed by atoms with Gasteiger partial charge in [-0.1, -0.05) is 49.4 Å². The number of methoxy groups -OCH3 is 1. The Kier molecular flexibility index (Phi) is 8.58. The van der Waals surface area contributed by atoms with E-state index in [1.165, 1.54) is 4.90 Å². The van der Waals surface area contributed by atoms with Gasteiger partial charge in [0.2, 0.25) is 0 Å². The van der Waals surface area contributed by atoms with E-state index in [9.17, 15) is 14.7 Å². The number of carbonyl (C=O) groups is 2. The molecule has 1 aliphatic heterocycles. The first-order chi connectivity index (χ1) is 20.4. The summed E-state index contributed by atoms with van der Waals surface area (Å²) in [6, 6.07) is 28.3. The molecule has 5 rings (SSSR count). The lowest BCUT2D eigenvalue weighted by atomic mass is 9.94. The van der Waals surface area contributed by atoms with E-state index in [2.05, 4.69) is 0 Å². The fourth-order valence-electron chi connectivity index (χ4n) is 5.00. The van der Waals surface area contributed by atoms with Crippen molar-refractivity contribution in [1.29, 1.82) is 0 Å². The van der Waals surface area contributed by atoms with Gasteiger partial charge in [-0.25, -0.2) is 0 Å². The van der Waals surface area contributed by atoms with E-state index >= 15 is 0 Å². The maximum absolute atomic E-state index is 13.6. The maximum atomic E-state index is 13.6. The first-order valence-corrected chi connectivity index (χ1v) is 13.9. The SMILES string of the molecule is CCCOc1cccc(C2/C(=C(\O)c3ccc(OCc4ccccc4)c(C)c3)C(=O)C(=O)N2c2ccc(OC)cc2)c1. The van der Waals surface area contributed by atoms with Gasteiger partial charge < -0.3 is 19.3 Å².